The molecule has 7 aromatic rings. The maximum Gasteiger partial charge on any atom is 0.0162 e. The van der Waals surface area contributed by atoms with Crippen LogP contribution in [0.2, 0.25) is 0 Å². The van der Waals surface area contributed by atoms with Gasteiger partial charge in [0.25, 0.3) is 0 Å². The van der Waals surface area contributed by atoms with E-state index in [1.165, 1.54) is 88.3 Å². The first-order valence-corrected chi connectivity index (χ1v) is 15.8. The summed E-state index contributed by atoms with van der Waals surface area (Å²) in [6, 6.07) is 50.0. The van der Waals surface area contributed by atoms with Gasteiger partial charge in [-0.05, 0) is 113 Å². The van der Waals surface area contributed by atoms with Gasteiger partial charge in [-0.3, -0.25) is 0 Å². The Balaban J connectivity index is 1.11. The van der Waals surface area contributed by atoms with Crippen LogP contribution in [0.25, 0.3) is 66.1 Å². The Bertz CT molecular complexity index is 2330. The lowest BCUT2D eigenvalue weighted by atomic mass is 9.72. The predicted octanol–water partition coefficient (Wildman–Crippen LogP) is 11.9. The van der Waals surface area contributed by atoms with Crippen molar-refractivity contribution in [2.45, 2.75) is 38.5 Å². The largest absolute Gasteiger partial charge is 0.0619 e. The molecule has 0 N–H and O–H groups in total. The van der Waals surface area contributed by atoms with E-state index in [9.17, 15) is 0 Å². The molecule has 9 rings (SSSR count). The molecule has 0 unspecified atom stereocenters. The molecule has 44 heavy (non-hydrogen) atoms. The van der Waals surface area contributed by atoms with E-state index in [0.29, 0.717) is 0 Å². The molecule has 7 aromatic carbocycles. The normalized spacial score (nSPS) is 15.2. The minimum Gasteiger partial charge on any atom is -0.0619 e. The molecule has 0 saturated heterocycles. The van der Waals surface area contributed by atoms with Gasteiger partial charge in [-0.25, -0.2) is 0 Å². The van der Waals surface area contributed by atoms with Crippen molar-refractivity contribution in [3.8, 4) is 44.5 Å². The average Bonchev–Trinajstić information content (AvgIpc) is 3.43. The zero-order valence-electron chi connectivity index (χ0n) is 25.7. The fourth-order valence-electron chi connectivity index (χ4n) is 8.33. The summed E-state index contributed by atoms with van der Waals surface area (Å²) in [7, 11) is 0. The van der Waals surface area contributed by atoms with Crippen molar-refractivity contribution in [2.24, 2.45) is 0 Å². The van der Waals surface area contributed by atoms with Gasteiger partial charge in [-0.1, -0.05) is 137 Å². The van der Waals surface area contributed by atoms with Crippen LogP contribution in [0.15, 0.2) is 133 Å². The van der Waals surface area contributed by atoms with Crippen LogP contribution in [0.5, 0.6) is 0 Å². The van der Waals surface area contributed by atoms with Crippen LogP contribution in [0.3, 0.4) is 0 Å². The zero-order valence-corrected chi connectivity index (χ0v) is 25.7. The molecule has 0 spiro atoms. The van der Waals surface area contributed by atoms with E-state index in [-0.39, 0.29) is 10.8 Å². The van der Waals surface area contributed by atoms with Crippen molar-refractivity contribution in [3.05, 3.63) is 156 Å². The lowest BCUT2D eigenvalue weighted by Gasteiger charge is -2.30. The van der Waals surface area contributed by atoms with Gasteiger partial charge in [-0.2, -0.15) is 0 Å². The molecule has 0 amide bonds. The monoisotopic (exact) mass is 562 g/mol. The summed E-state index contributed by atoms with van der Waals surface area (Å²) in [4.78, 5) is 0. The van der Waals surface area contributed by atoms with Gasteiger partial charge >= 0.3 is 0 Å². The van der Waals surface area contributed by atoms with Crippen LogP contribution >= 0.6 is 0 Å². The van der Waals surface area contributed by atoms with Crippen LogP contribution in [0, 0.1) is 0 Å². The maximum absolute atomic E-state index is 2.46. The van der Waals surface area contributed by atoms with Crippen molar-refractivity contribution >= 4 is 21.5 Å². The highest BCUT2D eigenvalue weighted by atomic mass is 14.5. The molecule has 0 atom stereocenters. The fraction of sp³-hybridized carbons (Fsp3) is 0.136. The minimum atomic E-state index is -0.0864. The molecule has 0 fully saturated rings. The van der Waals surface area contributed by atoms with Gasteiger partial charge in [0.1, 0.15) is 0 Å². The lowest BCUT2D eigenvalue weighted by molar-refractivity contribution is 0.601. The summed E-state index contributed by atoms with van der Waals surface area (Å²) in [6.07, 6.45) is 0. The van der Waals surface area contributed by atoms with Crippen LogP contribution in [-0.4, -0.2) is 0 Å². The molecule has 0 heteroatoms. The lowest BCUT2D eigenvalue weighted by Crippen LogP contribution is -2.24. The quantitative estimate of drug-likeness (QED) is 0.197. The SMILES string of the molecule is CC1(C)c2ccccc2-c2ccc3c(c21)C(C)(C)c1cc(-c2ccc4cc(-c5ccc6ccccc6c5)ccc4c2)ccc1-3. The summed E-state index contributed by atoms with van der Waals surface area (Å²) in [5, 5.41) is 5.10. The van der Waals surface area contributed by atoms with Gasteiger partial charge in [0.05, 0.1) is 0 Å². The molecule has 0 saturated carbocycles. The van der Waals surface area contributed by atoms with Gasteiger partial charge < -0.3 is 0 Å². The summed E-state index contributed by atoms with van der Waals surface area (Å²) in [5.74, 6) is 0. The zero-order chi connectivity index (χ0) is 29.8. The van der Waals surface area contributed by atoms with Crippen LogP contribution in [0.1, 0.15) is 49.9 Å². The first-order valence-electron chi connectivity index (χ1n) is 15.8. The van der Waals surface area contributed by atoms with Crippen LogP contribution in [-0.2, 0) is 10.8 Å². The second-order valence-electron chi connectivity index (χ2n) is 13.8. The van der Waals surface area contributed by atoms with E-state index < -0.39 is 0 Å². The topological polar surface area (TPSA) is 0 Å². The number of hydrogen-bond donors (Lipinski definition) is 0. The van der Waals surface area contributed by atoms with E-state index in [1.54, 1.807) is 0 Å². The second kappa shape index (κ2) is 8.80. The van der Waals surface area contributed by atoms with Gasteiger partial charge in [0.15, 0.2) is 0 Å². The van der Waals surface area contributed by atoms with Gasteiger partial charge in [-0.15, -0.1) is 0 Å². The molecular weight excluding hydrogens is 528 g/mol. The fourth-order valence-corrected chi connectivity index (χ4v) is 8.33. The standard InChI is InChI=1S/C44H34/c1-43(2)39-12-8-7-11-35(39)37-21-22-38-36-20-19-34(26-40(36)44(3,4)42(38)41(37)43)33-18-17-31-24-30(15-16-32(31)25-33)29-14-13-27-9-5-6-10-28(27)23-29/h5-26H,1-4H3. The second-order valence-corrected chi connectivity index (χ2v) is 13.8. The molecule has 0 aliphatic heterocycles. The van der Waals surface area contributed by atoms with Crippen molar-refractivity contribution in [1.82, 2.24) is 0 Å². The van der Waals surface area contributed by atoms with E-state index in [0.717, 1.165) is 0 Å². The molecular formula is C44H34. The third kappa shape index (κ3) is 3.46. The van der Waals surface area contributed by atoms with E-state index in [1.807, 2.05) is 0 Å². The first-order chi connectivity index (χ1) is 21.3. The van der Waals surface area contributed by atoms with Gasteiger partial charge in [0.2, 0.25) is 0 Å². The number of rotatable bonds is 2. The molecule has 0 radical (unpaired) electrons. The van der Waals surface area contributed by atoms with E-state index in [2.05, 4.69) is 161 Å². The Morgan fingerprint density at radius 3 is 1.36 bits per heavy atom. The maximum atomic E-state index is 2.46. The Hall–Kier alpha value is -4.94. The Labute approximate surface area is 259 Å². The molecule has 0 heterocycles. The molecule has 210 valence electrons. The van der Waals surface area contributed by atoms with E-state index >= 15 is 0 Å². The molecule has 2 aliphatic rings. The summed E-state index contributed by atoms with van der Waals surface area (Å²) < 4.78 is 0. The third-order valence-corrected chi connectivity index (χ3v) is 10.6. The van der Waals surface area contributed by atoms with Crippen molar-refractivity contribution in [1.29, 1.82) is 0 Å². The van der Waals surface area contributed by atoms with E-state index in [4.69, 9.17) is 0 Å². The van der Waals surface area contributed by atoms with Gasteiger partial charge in [0, 0.05) is 10.8 Å². The third-order valence-electron chi connectivity index (χ3n) is 10.6. The molecule has 2 aliphatic carbocycles. The van der Waals surface area contributed by atoms with Crippen molar-refractivity contribution in [3.63, 3.8) is 0 Å². The Morgan fingerprint density at radius 2 is 0.727 bits per heavy atom. The summed E-state index contributed by atoms with van der Waals surface area (Å²) in [6.45, 7) is 9.66. The highest BCUT2D eigenvalue weighted by molar-refractivity contribution is 5.95. The average molecular weight is 563 g/mol. The summed E-state index contributed by atoms with van der Waals surface area (Å²) in [5.41, 5.74) is 16.4. The smallest absolute Gasteiger partial charge is 0.0162 e. The number of fused-ring (bicyclic) bond motifs is 9. The number of hydrogen-bond acceptors (Lipinski definition) is 0. The Kier molecular flexibility index (Phi) is 5.11. The van der Waals surface area contributed by atoms with Crippen molar-refractivity contribution < 1.29 is 0 Å². The first kappa shape index (κ1) is 25.5. The highest BCUT2D eigenvalue weighted by Crippen LogP contribution is 2.59. The van der Waals surface area contributed by atoms with Crippen LogP contribution in [0.4, 0.5) is 0 Å². The molecule has 0 nitrogen and oxygen atoms in total. The van der Waals surface area contributed by atoms with Crippen molar-refractivity contribution in [2.75, 3.05) is 0 Å². The van der Waals surface area contributed by atoms with Crippen LogP contribution < -0.4 is 0 Å². The molecule has 0 aromatic heterocycles. The molecule has 0 bridgehead atoms. The highest BCUT2D eigenvalue weighted by Gasteiger charge is 2.45. The minimum absolute atomic E-state index is 0.0243. The number of benzene rings is 7. The summed E-state index contributed by atoms with van der Waals surface area (Å²) >= 11 is 0. The predicted molar refractivity (Wildman–Crippen MR) is 187 cm³/mol. The Morgan fingerprint density at radius 1 is 0.318 bits per heavy atom.